The summed E-state index contributed by atoms with van der Waals surface area (Å²) in [6.07, 6.45) is 2.26. The molecule has 0 spiro atoms. The third kappa shape index (κ3) is 6.92. The van der Waals surface area contributed by atoms with Gasteiger partial charge in [0, 0.05) is 45.0 Å². The number of hydrogen-bond acceptors (Lipinski definition) is 5. The Balaban J connectivity index is 1.64. The largest absolute Gasteiger partial charge is 0.378 e. The molecule has 1 saturated heterocycles. The Morgan fingerprint density at radius 3 is 2.31 bits per heavy atom. The molecule has 36 heavy (non-hydrogen) atoms. The summed E-state index contributed by atoms with van der Waals surface area (Å²) in [5.74, 6) is -0.138. The number of nitrogens with zero attached hydrogens (tertiary/aromatic N) is 3. The fraction of sp³-hybridized carbons (Fsp3) is 0.500. The van der Waals surface area contributed by atoms with Crippen LogP contribution in [0.1, 0.15) is 38.7 Å². The molecule has 1 aliphatic rings. The highest BCUT2D eigenvalue weighted by Gasteiger charge is 2.36. The van der Waals surface area contributed by atoms with Crippen molar-refractivity contribution in [1.82, 2.24) is 9.21 Å². The Morgan fingerprint density at radius 1 is 1.08 bits per heavy atom. The molecule has 1 atom stereocenters. The molecule has 0 aromatic heterocycles. The third-order valence-electron chi connectivity index (χ3n) is 6.34. The average molecular weight is 557 g/mol. The highest BCUT2D eigenvalue weighted by Crippen LogP contribution is 2.34. The van der Waals surface area contributed by atoms with E-state index in [0.717, 1.165) is 24.1 Å². The van der Waals surface area contributed by atoms with Crippen molar-refractivity contribution < 1.29 is 17.9 Å². The summed E-state index contributed by atoms with van der Waals surface area (Å²) in [7, 11) is 0.0555. The van der Waals surface area contributed by atoms with Gasteiger partial charge in [-0.05, 0) is 56.5 Å². The molecular weight excluding hydrogens is 521 g/mol. The summed E-state index contributed by atoms with van der Waals surface area (Å²) < 4.78 is 34.1. The van der Waals surface area contributed by atoms with E-state index in [1.165, 1.54) is 16.4 Å². The number of sulfonamides is 1. The van der Waals surface area contributed by atoms with E-state index in [4.69, 9.17) is 27.9 Å². The van der Waals surface area contributed by atoms with Crippen LogP contribution in [0.15, 0.2) is 47.4 Å². The topological polar surface area (TPSA) is 70.2 Å². The van der Waals surface area contributed by atoms with Crippen LogP contribution in [0.2, 0.25) is 10.0 Å². The number of benzene rings is 2. The average Bonchev–Trinajstić information content (AvgIpc) is 2.82. The number of anilines is 1. The molecule has 0 bridgehead atoms. The molecule has 1 heterocycles. The number of halogens is 2. The van der Waals surface area contributed by atoms with Gasteiger partial charge in [0.05, 0.1) is 16.7 Å². The van der Waals surface area contributed by atoms with Crippen molar-refractivity contribution in [3.8, 4) is 0 Å². The van der Waals surface area contributed by atoms with E-state index in [2.05, 4.69) is 0 Å². The molecule has 1 unspecified atom stereocenters. The Bertz CT molecular complexity index is 1120. The van der Waals surface area contributed by atoms with Crippen LogP contribution in [0.25, 0.3) is 0 Å². The molecule has 1 aliphatic heterocycles. The van der Waals surface area contributed by atoms with Crippen molar-refractivity contribution in [2.45, 2.75) is 56.6 Å². The van der Waals surface area contributed by atoms with Crippen molar-refractivity contribution >= 4 is 44.8 Å². The molecule has 2 aromatic carbocycles. The highest BCUT2D eigenvalue weighted by molar-refractivity contribution is 7.89. The quantitative estimate of drug-likeness (QED) is 0.410. The summed E-state index contributed by atoms with van der Waals surface area (Å²) in [4.78, 5) is 16.7. The van der Waals surface area contributed by atoms with Gasteiger partial charge in [-0.25, -0.2) is 8.42 Å². The molecule has 0 saturated carbocycles. The fourth-order valence-corrected chi connectivity index (χ4v) is 7.10. The van der Waals surface area contributed by atoms with Gasteiger partial charge in [0.25, 0.3) is 0 Å². The molecule has 1 fully saturated rings. The highest BCUT2D eigenvalue weighted by atomic mass is 35.5. The van der Waals surface area contributed by atoms with Crippen LogP contribution in [0.5, 0.6) is 0 Å². The summed E-state index contributed by atoms with van der Waals surface area (Å²) in [5.41, 5.74) is 2.12. The molecule has 10 heteroatoms. The third-order valence-corrected chi connectivity index (χ3v) is 9.25. The lowest BCUT2D eigenvalue weighted by Gasteiger charge is -2.35. The van der Waals surface area contributed by atoms with E-state index in [1.807, 2.05) is 57.1 Å². The number of ether oxygens (including phenoxy) is 1. The lowest BCUT2D eigenvalue weighted by molar-refractivity contribution is -0.139. The molecule has 2 aromatic rings. The second-order valence-corrected chi connectivity index (χ2v) is 12.1. The minimum atomic E-state index is -3.91. The van der Waals surface area contributed by atoms with Crippen molar-refractivity contribution in [3.63, 3.8) is 0 Å². The number of carbonyl (C=O) groups excluding carboxylic acids is 1. The van der Waals surface area contributed by atoms with Gasteiger partial charge in [-0.15, -0.1) is 0 Å². The number of piperidine rings is 1. The maximum Gasteiger partial charge on any atom is 0.249 e. The number of rotatable bonds is 10. The minimum Gasteiger partial charge on any atom is -0.378 e. The van der Waals surface area contributed by atoms with E-state index < -0.39 is 16.1 Å². The molecule has 7 nitrogen and oxygen atoms in total. The molecule has 0 N–H and O–H groups in total. The predicted molar refractivity (Wildman–Crippen MR) is 145 cm³/mol. The summed E-state index contributed by atoms with van der Waals surface area (Å²) >= 11 is 12.4. The predicted octanol–water partition coefficient (Wildman–Crippen LogP) is 5.06. The summed E-state index contributed by atoms with van der Waals surface area (Å²) in [6, 6.07) is 12.3. The molecular formula is C26H35Cl2N3O4S. The maximum absolute atomic E-state index is 13.4. The standard InChI is InChI=1S/C26H35Cl2N3O4S/c1-19(2)30(16-20-11-13-21(14-12-20)29(3)4)25(32)18-35-17-22-8-5-6-15-31(22)36(33,34)26-23(27)9-7-10-24(26)28/h7,9-14,19,22H,5-6,8,15-18H2,1-4H3. The first-order chi connectivity index (χ1) is 17.0. The van der Waals surface area contributed by atoms with Gasteiger partial charge in [0.2, 0.25) is 15.9 Å². The normalized spacial score (nSPS) is 16.8. The zero-order valence-corrected chi connectivity index (χ0v) is 23.6. The van der Waals surface area contributed by atoms with Crippen LogP contribution in [0.4, 0.5) is 5.69 Å². The number of hydrogen-bond donors (Lipinski definition) is 0. The first-order valence-corrected chi connectivity index (χ1v) is 14.3. The summed E-state index contributed by atoms with van der Waals surface area (Å²) in [6.45, 7) is 4.76. The first-order valence-electron chi connectivity index (χ1n) is 12.1. The van der Waals surface area contributed by atoms with Gasteiger partial charge < -0.3 is 14.5 Å². The van der Waals surface area contributed by atoms with E-state index in [0.29, 0.717) is 19.5 Å². The Hall–Kier alpha value is -1.84. The second kappa shape index (κ2) is 12.6. The van der Waals surface area contributed by atoms with Crippen LogP contribution < -0.4 is 4.90 Å². The van der Waals surface area contributed by atoms with Crippen molar-refractivity contribution in [1.29, 1.82) is 0 Å². The minimum absolute atomic E-state index is 0.0106. The number of carbonyl (C=O) groups is 1. The van der Waals surface area contributed by atoms with Gasteiger partial charge in [0.1, 0.15) is 11.5 Å². The maximum atomic E-state index is 13.4. The van der Waals surface area contributed by atoms with Crippen LogP contribution in [0.3, 0.4) is 0 Å². The Kier molecular flexibility index (Phi) is 10.1. The second-order valence-electron chi connectivity index (χ2n) is 9.51. The van der Waals surface area contributed by atoms with Gasteiger partial charge in [-0.2, -0.15) is 4.31 Å². The van der Waals surface area contributed by atoms with Gasteiger partial charge in [0.15, 0.2) is 0 Å². The molecule has 0 aliphatic carbocycles. The summed E-state index contributed by atoms with van der Waals surface area (Å²) in [5, 5.41) is 0.184. The van der Waals surface area contributed by atoms with Crippen molar-refractivity contribution in [2.24, 2.45) is 0 Å². The molecule has 198 valence electrons. The van der Waals surface area contributed by atoms with Crippen LogP contribution >= 0.6 is 23.2 Å². The Morgan fingerprint density at radius 2 is 1.72 bits per heavy atom. The van der Waals surface area contributed by atoms with Gasteiger partial charge in [-0.1, -0.05) is 47.8 Å². The van der Waals surface area contributed by atoms with Gasteiger partial charge >= 0.3 is 0 Å². The lowest BCUT2D eigenvalue weighted by Crippen LogP contribution is -2.47. The molecule has 0 radical (unpaired) electrons. The first kappa shape index (κ1) is 28.7. The fourth-order valence-electron chi connectivity index (χ4n) is 4.32. The van der Waals surface area contributed by atoms with Crippen LogP contribution in [-0.4, -0.2) is 69.5 Å². The SMILES string of the molecule is CC(C)N(Cc1ccc(N(C)C)cc1)C(=O)COCC1CCCCN1S(=O)(=O)c1c(Cl)cccc1Cl. The van der Waals surface area contributed by atoms with E-state index in [9.17, 15) is 13.2 Å². The lowest BCUT2D eigenvalue weighted by atomic mass is 10.1. The zero-order chi connectivity index (χ0) is 26.5. The van der Waals surface area contributed by atoms with Crippen molar-refractivity contribution in [2.75, 3.05) is 38.8 Å². The molecule has 1 amide bonds. The van der Waals surface area contributed by atoms with Crippen LogP contribution in [-0.2, 0) is 26.1 Å². The Labute approximate surface area is 225 Å². The van der Waals surface area contributed by atoms with E-state index in [-0.39, 0.29) is 40.1 Å². The van der Waals surface area contributed by atoms with E-state index >= 15 is 0 Å². The van der Waals surface area contributed by atoms with Crippen LogP contribution in [0, 0.1) is 0 Å². The van der Waals surface area contributed by atoms with Crippen molar-refractivity contribution in [3.05, 3.63) is 58.1 Å². The monoisotopic (exact) mass is 555 g/mol. The smallest absolute Gasteiger partial charge is 0.249 e. The van der Waals surface area contributed by atoms with E-state index in [1.54, 1.807) is 11.0 Å². The zero-order valence-electron chi connectivity index (χ0n) is 21.3. The number of amides is 1. The molecule has 3 rings (SSSR count). The van der Waals surface area contributed by atoms with Gasteiger partial charge in [-0.3, -0.25) is 4.79 Å².